The second-order valence-electron chi connectivity index (χ2n) is 4.37. The molecule has 0 saturated heterocycles. The summed E-state index contributed by atoms with van der Waals surface area (Å²) >= 11 is 0. The lowest BCUT2D eigenvalue weighted by molar-refractivity contribution is 0.414. The van der Waals surface area contributed by atoms with Gasteiger partial charge >= 0.3 is 0 Å². The van der Waals surface area contributed by atoms with Crippen molar-refractivity contribution in [2.75, 3.05) is 17.6 Å². The minimum absolute atomic E-state index is 0.147. The van der Waals surface area contributed by atoms with E-state index in [9.17, 15) is 12.8 Å². The summed E-state index contributed by atoms with van der Waals surface area (Å²) in [4.78, 5) is -0.174. The lowest BCUT2D eigenvalue weighted by atomic mass is 10.3. The van der Waals surface area contributed by atoms with E-state index in [0.29, 0.717) is 11.4 Å². The van der Waals surface area contributed by atoms with Crippen molar-refractivity contribution < 1.29 is 17.5 Å². The summed E-state index contributed by atoms with van der Waals surface area (Å²) in [7, 11) is -1.09. The average Bonchev–Trinajstić information content (AvgIpc) is 2.66. The number of benzene rings is 1. The van der Waals surface area contributed by atoms with Crippen LogP contribution in [-0.4, -0.2) is 25.3 Å². The first-order chi connectivity index (χ1) is 9.76. The zero-order valence-electron chi connectivity index (χ0n) is 11.7. The first-order valence-electron chi connectivity index (χ1n) is 5.91. The fourth-order valence-electron chi connectivity index (χ4n) is 1.85. The maximum Gasteiger partial charge on any atom is 0.267 e. The van der Waals surface area contributed by atoms with Crippen molar-refractivity contribution >= 4 is 21.5 Å². The van der Waals surface area contributed by atoms with Crippen molar-refractivity contribution in [3.05, 3.63) is 29.7 Å². The van der Waals surface area contributed by atoms with E-state index in [1.165, 1.54) is 23.9 Å². The number of ether oxygens (including phenoxy) is 1. The van der Waals surface area contributed by atoms with Crippen LogP contribution in [0.25, 0.3) is 0 Å². The van der Waals surface area contributed by atoms with Crippen LogP contribution in [0.4, 0.5) is 15.9 Å². The number of nitrogen functional groups attached to an aromatic ring is 1. The van der Waals surface area contributed by atoms with E-state index in [0.717, 1.165) is 6.07 Å². The number of aryl methyl sites for hydroxylation is 1. The van der Waals surface area contributed by atoms with E-state index >= 15 is 0 Å². The lowest BCUT2D eigenvalue weighted by Gasteiger charge is -2.10. The van der Waals surface area contributed by atoms with Crippen molar-refractivity contribution in [1.29, 1.82) is 0 Å². The Hall–Kier alpha value is -2.29. The molecule has 9 heteroatoms. The number of nitrogens with one attached hydrogen (secondary N) is 1. The molecule has 7 nitrogen and oxygen atoms in total. The molecule has 3 N–H and O–H groups in total. The van der Waals surface area contributed by atoms with Crippen LogP contribution in [0.2, 0.25) is 0 Å². The van der Waals surface area contributed by atoms with E-state index < -0.39 is 15.8 Å². The number of hydrogen-bond donors (Lipinski definition) is 2. The molecule has 21 heavy (non-hydrogen) atoms. The molecule has 1 heterocycles. The second-order valence-corrected chi connectivity index (χ2v) is 5.99. The Kier molecular flexibility index (Phi) is 3.77. The smallest absolute Gasteiger partial charge is 0.267 e. The van der Waals surface area contributed by atoms with Crippen LogP contribution in [-0.2, 0) is 17.1 Å². The summed E-state index contributed by atoms with van der Waals surface area (Å²) in [5.41, 5.74) is 5.73. The minimum atomic E-state index is -4.06. The predicted octanol–water partition coefficient (Wildman–Crippen LogP) is 1.26. The molecule has 0 atom stereocenters. The van der Waals surface area contributed by atoms with Crippen molar-refractivity contribution in [1.82, 2.24) is 9.78 Å². The van der Waals surface area contributed by atoms with E-state index in [-0.39, 0.29) is 16.4 Å². The molecule has 1 aromatic carbocycles. The van der Waals surface area contributed by atoms with Gasteiger partial charge in [0, 0.05) is 13.1 Å². The number of anilines is 2. The van der Waals surface area contributed by atoms with Gasteiger partial charge in [-0.25, -0.2) is 12.8 Å². The molecule has 0 spiro atoms. The Balaban J connectivity index is 2.47. The molecule has 0 saturated carbocycles. The number of sulfonamides is 1. The quantitative estimate of drug-likeness (QED) is 0.885. The summed E-state index contributed by atoms with van der Waals surface area (Å²) in [6.45, 7) is 1.56. The molecule has 0 aliphatic heterocycles. The number of nitrogens with two attached hydrogens (primary N) is 1. The third kappa shape index (κ3) is 2.77. The molecule has 2 rings (SSSR count). The Bertz CT molecular complexity index is 786. The van der Waals surface area contributed by atoms with E-state index in [2.05, 4.69) is 9.82 Å². The van der Waals surface area contributed by atoms with Gasteiger partial charge in [-0.3, -0.25) is 9.40 Å². The van der Waals surface area contributed by atoms with Crippen molar-refractivity contribution in [2.45, 2.75) is 11.8 Å². The Morgan fingerprint density at radius 3 is 2.62 bits per heavy atom. The van der Waals surface area contributed by atoms with Gasteiger partial charge in [-0.15, -0.1) is 0 Å². The summed E-state index contributed by atoms with van der Waals surface area (Å²) < 4.78 is 46.9. The SMILES string of the molecule is COc1ccc(F)c(NS(=O)(=O)c2c(N)nn(C)c2C)c1. The van der Waals surface area contributed by atoms with Gasteiger partial charge in [0.25, 0.3) is 10.0 Å². The molecule has 114 valence electrons. The average molecular weight is 314 g/mol. The maximum absolute atomic E-state index is 13.7. The highest BCUT2D eigenvalue weighted by Crippen LogP contribution is 2.27. The molecule has 0 amide bonds. The Labute approximate surface area is 121 Å². The number of halogens is 1. The molecule has 0 radical (unpaired) electrons. The lowest BCUT2D eigenvalue weighted by Crippen LogP contribution is -2.16. The monoisotopic (exact) mass is 314 g/mol. The summed E-state index contributed by atoms with van der Waals surface area (Å²) in [6, 6.07) is 3.74. The fourth-order valence-corrected chi connectivity index (χ4v) is 3.24. The second kappa shape index (κ2) is 5.24. The van der Waals surface area contributed by atoms with Crippen LogP contribution in [0.1, 0.15) is 5.69 Å². The number of methoxy groups -OCH3 is 1. The molecular weight excluding hydrogens is 299 g/mol. The summed E-state index contributed by atoms with van der Waals surface area (Å²) in [5.74, 6) is -0.546. The zero-order chi connectivity index (χ0) is 15.8. The van der Waals surface area contributed by atoms with Crippen molar-refractivity contribution in [3.63, 3.8) is 0 Å². The zero-order valence-corrected chi connectivity index (χ0v) is 12.5. The van der Waals surface area contributed by atoms with Crippen molar-refractivity contribution in [2.24, 2.45) is 7.05 Å². The topological polar surface area (TPSA) is 99.2 Å². The highest BCUT2D eigenvalue weighted by atomic mass is 32.2. The van der Waals surface area contributed by atoms with Gasteiger partial charge in [0.2, 0.25) is 0 Å². The summed E-state index contributed by atoms with van der Waals surface area (Å²) in [5, 5.41) is 3.83. The van der Waals surface area contributed by atoms with Crippen LogP contribution in [0.5, 0.6) is 5.75 Å². The molecule has 2 aromatic rings. The van der Waals surface area contributed by atoms with Gasteiger partial charge in [-0.05, 0) is 19.1 Å². The van der Waals surface area contributed by atoms with Gasteiger partial charge in [-0.1, -0.05) is 0 Å². The standard InChI is InChI=1S/C12H15FN4O3S/c1-7-11(12(14)15-17(7)2)21(18,19)16-10-6-8(20-3)4-5-9(10)13/h4-6,16H,1-3H3,(H2,14,15). The molecule has 0 unspecified atom stereocenters. The van der Waals surface area contributed by atoms with E-state index in [1.54, 1.807) is 14.0 Å². The third-order valence-corrected chi connectivity index (χ3v) is 4.52. The van der Waals surface area contributed by atoms with E-state index in [4.69, 9.17) is 10.5 Å². The largest absolute Gasteiger partial charge is 0.497 e. The first-order valence-corrected chi connectivity index (χ1v) is 7.40. The Morgan fingerprint density at radius 1 is 1.43 bits per heavy atom. The third-order valence-electron chi connectivity index (χ3n) is 2.99. The number of aromatic nitrogens is 2. The first kappa shape index (κ1) is 15.1. The van der Waals surface area contributed by atoms with Gasteiger partial charge < -0.3 is 10.5 Å². The molecule has 0 aliphatic rings. The Morgan fingerprint density at radius 2 is 2.10 bits per heavy atom. The van der Waals surface area contributed by atoms with Gasteiger partial charge in [0.05, 0.1) is 18.5 Å². The van der Waals surface area contributed by atoms with Crippen LogP contribution in [0.3, 0.4) is 0 Å². The van der Waals surface area contributed by atoms with Crippen LogP contribution in [0, 0.1) is 12.7 Å². The molecular formula is C12H15FN4O3S. The molecule has 0 aliphatic carbocycles. The normalized spacial score (nSPS) is 11.4. The number of rotatable bonds is 4. The highest BCUT2D eigenvalue weighted by molar-refractivity contribution is 7.93. The van der Waals surface area contributed by atoms with Gasteiger partial charge in [-0.2, -0.15) is 5.10 Å². The van der Waals surface area contributed by atoms with Crippen LogP contribution in [0.15, 0.2) is 23.1 Å². The number of nitrogens with zero attached hydrogens (tertiary/aromatic N) is 2. The maximum atomic E-state index is 13.7. The molecule has 1 aromatic heterocycles. The summed E-state index contributed by atoms with van der Waals surface area (Å²) in [6.07, 6.45) is 0. The molecule has 0 bridgehead atoms. The van der Waals surface area contributed by atoms with Crippen molar-refractivity contribution in [3.8, 4) is 5.75 Å². The predicted molar refractivity (Wildman–Crippen MR) is 76.1 cm³/mol. The van der Waals surface area contributed by atoms with Gasteiger partial charge in [0.15, 0.2) is 10.7 Å². The van der Waals surface area contributed by atoms with Crippen LogP contribution >= 0.6 is 0 Å². The number of hydrogen-bond acceptors (Lipinski definition) is 5. The van der Waals surface area contributed by atoms with Gasteiger partial charge in [0.1, 0.15) is 11.6 Å². The minimum Gasteiger partial charge on any atom is -0.497 e. The van der Waals surface area contributed by atoms with E-state index in [1.807, 2.05) is 0 Å². The fraction of sp³-hybridized carbons (Fsp3) is 0.250. The molecule has 0 fully saturated rings. The van der Waals surface area contributed by atoms with Crippen LogP contribution < -0.4 is 15.2 Å². The highest BCUT2D eigenvalue weighted by Gasteiger charge is 2.25.